The standard InChI is InChI=1S/C14H18N2O2/c17-13-9-5-4-8-12(16-13)14(18)15-10-11-6-2-1-3-7-11/h1-3,6-7,12H,4-5,8-10H2,(H,15,18)(H,16,17). The van der Waals surface area contributed by atoms with E-state index in [4.69, 9.17) is 0 Å². The van der Waals surface area contributed by atoms with Crippen LogP contribution >= 0.6 is 0 Å². The van der Waals surface area contributed by atoms with Crippen molar-refractivity contribution in [2.45, 2.75) is 38.3 Å². The fourth-order valence-corrected chi connectivity index (χ4v) is 2.08. The monoisotopic (exact) mass is 246 g/mol. The minimum Gasteiger partial charge on any atom is -0.350 e. The highest BCUT2D eigenvalue weighted by Crippen LogP contribution is 2.09. The molecule has 1 fully saturated rings. The van der Waals surface area contributed by atoms with E-state index in [9.17, 15) is 9.59 Å². The Balaban J connectivity index is 1.85. The molecule has 2 rings (SSSR count). The van der Waals surface area contributed by atoms with Crippen molar-refractivity contribution in [3.63, 3.8) is 0 Å². The smallest absolute Gasteiger partial charge is 0.242 e. The van der Waals surface area contributed by atoms with Gasteiger partial charge in [0, 0.05) is 13.0 Å². The van der Waals surface area contributed by atoms with Gasteiger partial charge in [-0.15, -0.1) is 0 Å². The summed E-state index contributed by atoms with van der Waals surface area (Å²) in [6.07, 6.45) is 3.05. The highest BCUT2D eigenvalue weighted by Gasteiger charge is 2.22. The molecule has 1 aliphatic heterocycles. The molecular weight excluding hydrogens is 228 g/mol. The van der Waals surface area contributed by atoms with Gasteiger partial charge in [-0.05, 0) is 18.4 Å². The van der Waals surface area contributed by atoms with Crippen molar-refractivity contribution in [2.75, 3.05) is 0 Å². The van der Waals surface area contributed by atoms with Gasteiger partial charge in [-0.25, -0.2) is 0 Å². The Morgan fingerprint density at radius 1 is 1.28 bits per heavy atom. The molecule has 1 saturated heterocycles. The van der Waals surface area contributed by atoms with Crippen molar-refractivity contribution in [3.05, 3.63) is 35.9 Å². The third kappa shape index (κ3) is 3.58. The van der Waals surface area contributed by atoms with E-state index < -0.39 is 0 Å². The van der Waals surface area contributed by atoms with Crippen molar-refractivity contribution in [1.29, 1.82) is 0 Å². The highest BCUT2D eigenvalue weighted by atomic mass is 16.2. The van der Waals surface area contributed by atoms with Crippen LogP contribution in [0.4, 0.5) is 0 Å². The molecule has 1 heterocycles. The van der Waals surface area contributed by atoms with E-state index in [2.05, 4.69) is 10.6 Å². The molecule has 18 heavy (non-hydrogen) atoms. The van der Waals surface area contributed by atoms with Gasteiger partial charge in [0.2, 0.25) is 11.8 Å². The second-order valence-electron chi connectivity index (χ2n) is 4.57. The summed E-state index contributed by atoms with van der Waals surface area (Å²) in [5.74, 6) is -0.110. The number of carbonyl (C=O) groups is 2. The normalized spacial score (nSPS) is 19.8. The van der Waals surface area contributed by atoms with Gasteiger partial charge in [0.05, 0.1) is 0 Å². The topological polar surface area (TPSA) is 58.2 Å². The molecule has 4 heteroatoms. The second-order valence-corrected chi connectivity index (χ2v) is 4.57. The Hall–Kier alpha value is -1.84. The van der Waals surface area contributed by atoms with E-state index in [0.717, 1.165) is 24.8 Å². The van der Waals surface area contributed by atoms with Gasteiger partial charge in [-0.1, -0.05) is 36.8 Å². The lowest BCUT2D eigenvalue weighted by Gasteiger charge is -2.15. The van der Waals surface area contributed by atoms with Crippen molar-refractivity contribution in [2.24, 2.45) is 0 Å². The molecule has 1 aromatic carbocycles. The van der Waals surface area contributed by atoms with E-state index in [0.29, 0.717) is 13.0 Å². The molecule has 4 nitrogen and oxygen atoms in total. The first-order chi connectivity index (χ1) is 8.75. The summed E-state index contributed by atoms with van der Waals surface area (Å²) in [5.41, 5.74) is 1.06. The largest absolute Gasteiger partial charge is 0.350 e. The number of hydrogen-bond donors (Lipinski definition) is 2. The first-order valence-electron chi connectivity index (χ1n) is 6.37. The van der Waals surface area contributed by atoms with Gasteiger partial charge in [-0.3, -0.25) is 9.59 Å². The summed E-state index contributed by atoms with van der Waals surface area (Å²) in [4.78, 5) is 23.3. The summed E-state index contributed by atoms with van der Waals surface area (Å²) >= 11 is 0. The Bertz CT molecular complexity index is 417. The van der Waals surface area contributed by atoms with Gasteiger partial charge < -0.3 is 10.6 Å². The van der Waals surface area contributed by atoms with Gasteiger partial charge in [-0.2, -0.15) is 0 Å². The average Bonchev–Trinajstić information content (AvgIpc) is 2.62. The molecule has 2 amide bonds. The van der Waals surface area contributed by atoms with Crippen LogP contribution in [0.3, 0.4) is 0 Å². The summed E-state index contributed by atoms with van der Waals surface area (Å²) in [5, 5.41) is 5.63. The number of rotatable bonds is 3. The Labute approximate surface area is 107 Å². The van der Waals surface area contributed by atoms with Crippen LogP contribution in [0, 0.1) is 0 Å². The predicted octanol–water partition coefficient (Wildman–Crippen LogP) is 1.36. The first kappa shape index (κ1) is 12.6. The molecular formula is C14H18N2O2. The highest BCUT2D eigenvalue weighted by molar-refractivity contribution is 5.87. The molecule has 0 aromatic heterocycles. The zero-order valence-electron chi connectivity index (χ0n) is 10.3. The number of carbonyl (C=O) groups excluding carboxylic acids is 2. The van der Waals surface area contributed by atoms with E-state index in [1.54, 1.807) is 0 Å². The summed E-state index contributed by atoms with van der Waals surface area (Å²) < 4.78 is 0. The van der Waals surface area contributed by atoms with Crippen LogP contribution < -0.4 is 10.6 Å². The molecule has 1 aliphatic rings. The van der Waals surface area contributed by atoms with Crippen molar-refractivity contribution in [3.8, 4) is 0 Å². The van der Waals surface area contributed by atoms with Crippen LogP contribution in [0.1, 0.15) is 31.2 Å². The number of benzene rings is 1. The van der Waals surface area contributed by atoms with Crippen LogP contribution in [0.25, 0.3) is 0 Å². The van der Waals surface area contributed by atoms with Crippen molar-refractivity contribution in [1.82, 2.24) is 10.6 Å². The molecule has 1 unspecified atom stereocenters. The third-order valence-electron chi connectivity index (χ3n) is 3.11. The van der Waals surface area contributed by atoms with E-state index in [1.807, 2.05) is 30.3 Å². The summed E-state index contributed by atoms with van der Waals surface area (Å²) in [6.45, 7) is 0.506. The van der Waals surface area contributed by atoms with Gasteiger partial charge in [0.15, 0.2) is 0 Å². The number of hydrogen-bond acceptors (Lipinski definition) is 2. The molecule has 2 N–H and O–H groups in total. The number of amides is 2. The van der Waals surface area contributed by atoms with E-state index >= 15 is 0 Å². The van der Waals surface area contributed by atoms with E-state index in [1.165, 1.54) is 0 Å². The molecule has 0 saturated carbocycles. The maximum Gasteiger partial charge on any atom is 0.242 e. The molecule has 1 aromatic rings. The maximum absolute atomic E-state index is 11.9. The molecule has 96 valence electrons. The van der Waals surface area contributed by atoms with Crippen LogP contribution in [0.15, 0.2) is 30.3 Å². The quantitative estimate of drug-likeness (QED) is 0.846. The van der Waals surface area contributed by atoms with Gasteiger partial charge >= 0.3 is 0 Å². The predicted molar refractivity (Wildman–Crippen MR) is 68.7 cm³/mol. The number of nitrogens with one attached hydrogen (secondary N) is 2. The minimum absolute atomic E-state index is 0.0210. The lowest BCUT2D eigenvalue weighted by Crippen LogP contribution is -2.45. The Kier molecular flexibility index (Phi) is 4.34. The lowest BCUT2D eigenvalue weighted by atomic mass is 10.1. The summed E-state index contributed by atoms with van der Waals surface area (Å²) in [6, 6.07) is 9.38. The Morgan fingerprint density at radius 3 is 2.83 bits per heavy atom. The van der Waals surface area contributed by atoms with Crippen LogP contribution in [-0.4, -0.2) is 17.9 Å². The molecule has 0 spiro atoms. The SMILES string of the molecule is O=C1CCCCC(C(=O)NCc2ccccc2)N1. The van der Waals surface area contributed by atoms with Crippen LogP contribution in [0.2, 0.25) is 0 Å². The zero-order chi connectivity index (χ0) is 12.8. The molecule has 0 aliphatic carbocycles. The molecule has 1 atom stereocenters. The Morgan fingerprint density at radius 2 is 2.06 bits per heavy atom. The van der Waals surface area contributed by atoms with Crippen LogP contribution in [0.5, 0.6) is 0 Å². The summed E-state index contributed by atoms with van der Waals surface area (Å²) in [7, 11) is 0. The average molecular weight is 246 g/mol. The molecule has 0 radical (unpaired) electrons. The van der Waals surface area contributed by atoms with Crippen LogP contribution in [-0.2, 0) is 16.1 Å². The van der Waals surface area contributed by atoms with E-state index in [-0.39, 0.29) is 17.9 Å². The van der Waals surface area contributed by atoms with Gasteiger partial charge in [0.25, 0.3) is 0 Å². The fourth-order valence-electron chi connectivity index (χ4n) is 2.08. The first-order valence-corrected chi connectivity index (χ1v) is 6.37. The maximum atomic E-state index is 11.9. The fraction of sp³-hybridized carbons (Fsp3) is 0.429. The third-order valence-corrected chi connectivity index (χ3v) is 3.11. The second kappa shape index (κ2) is 6.19. The van der Waals surface area contributed by atoms with Gasteiger partial charge in [0.1, 0.15) is 6.04 Å². The minimum atomic E-state index is -0.372. The van der Waals surface area contributed by atoms with Crippen molar-refractivity contribution < 1.29 is 9.59 Å². The molecule has 0 bridgehead atoms. The lowest BCUT2D eigenvalue weighted by molar-refractivity contribution is -0.128. The van der Waals surface area contributed by atoms with Crippen molar-refractivity contribution >= 4 is 11.8 Å². The zero-order valence-corrected chi connectivity index (χ0v) is 10.3.